The van der Waals surface area contributed by atoms with Crippen molar-refractivity contribution in [2.75, 3.05) is 25.0 Å². The predicted molar refractivity (Wildman–Crippen MR) is 87.7 cm³/mol. The number of carbonyl (C=O) groups is 1. The van der Waals surface area contributed by atoms with Gasteiger partial charge in [-0.1, -0.05) is 25.1 Å². The molecule has 2 atom stereocenters. The quantitative estimate of drug-likeness (QED) is 0.893. The molecule has 0 bridgehead atoms. The van der Waals surface area contributed by atoms with Crippen LogP contribution in [-0.4, -0.2) is 42.5 Å². The Hall–Kier alpha value is -1.39. The number of piperazine rings is 1. The van der Waals surface area contributed by atoms with Crippen molar-refractivity contribution >= 4 is 11.6 Å². The smallest absolute Gasteiger partial charge is 0.238 e. The van der Waals surface area contributed by atoms with Gasteiger partial charge in [0.1, 0.15) is 0 Å². The summed E-state index contributed by atoms with van der Waals surface area (Å²) in [5.74, 6) is 0.0833. The first-order chi connectivity index (χ1) is 10.0. The lowest BCUT2D eigenvalue weighted by molar-refractivity contribution is -0.118. The maximum atomic E-state index is 12.4. The van der Waals surface area contributed by atoms with Crippen LogP contribution in [0, 0.1) is 6.92 Å². The van der Waals surface area contributed by atoms with Crippen LogP contribution in [0.1, 0.15) is 31.9 Å². The molecule has 1 amide bonds. The molecule has 0 saturated carbocycles. The van der Waals surface area contributed by atoms with Crippen molar-refractivity contribution in [1.82, 2.24) is 10.2 Å². The lowest BCUT2D eigenvalue weighted by Crippen LogP contribution is -2.55. The maximum Gasteiger partial charge on any atom is 0.238 e. The van der Waals surface area contributed by atoms with E-state index in [9.17, 15) is 4.79 Å². The second-order valence-corrected chi connectivity index (χ2v) is 6.10. The van der Waals surface area contributed by atoms with Gasteiger partial charge in [-0.2, -0.15) is 0 Å². The Bertz CT molecular complexity index is 501. The van der Waals surface area contributed by atoms with Crippen LogP contribution < -0.4 is 10.6 Å². The SMILES string of the molecule is CCc1cccc(C)c1NC(=O)CN1CC(C)NCC1C. The second kappa shape index (κ2) is 7.05. The summed E-state index contributed by atoms with van der Waals surface area (Å²) in [5.41, 5.74) is 3.32. The van der Waals surface area contributed by atoms with E-state index >= 15 is 0 Å². The van der Waals surface area contributed by atoms with E-state index in [1.54, 1.807) is 0 Å². The molecule has 116 valence electrons. The van der Waals surface area contributed by atoms with Crippen molar-refractivity contribution in [1.29, 1.82) is 0 Å². The lowest BCUT2D eigenvalue weighted by atomic mass is 10.1. The molecule has 1 aliphatic heterocycles. The Kier molecular flexibility index (Phi) is 5.37. The number of hydrogen-bond acceptors (Lipinski definition) is 3. The summed E-state index contributed by atoms with van der Waals surface area (Å²) in [6, 6.07) is 7.01. The molecule has 0 spiro atoms. The first kappa shape index (κ1) is 16.0. The monoisotopic (exact) mass is 289 g/mol. The van der Waals surface area contributed by atoms with Gasteiger partial charge in [0.2, 0.25) is 5.91 Å². The number of amides is 1. The molecule has 1 aromatic carbocycles. The summed E-state index contributed by atoms with van der Waals surface area (Å²) in [6.07, 6.45) is 0.929. The number of anilines is 1. The van der Waals surface area contributed by atoms with Gasteiger partial charge in [-0.15, -0.1) is 0 Å². The zero-order chi connectivity index (χ0) is 15.4. The Morgan fingerprint density at radius 3 is 2.90 bits per heavy atom. The average molecular weight is 289 g/mol. The molecular weight excluding hydrogens is 262 g/mol. The van der Waals surface area contributed by atoms with Crippen molar-refractivity contribution in [3.63, 3.8) is 0 Å². The number of para-hydroxylation sites is 1. The molecule has 2 N–H and O–H groups in total. The topological polar surface area (TPSA) is 44.4 Å². The zero-order valence-electron chi connectivity index (χ0n) is 13.6. The van der Waals surface area contributed by atoms with Gasteiger partial charge in [0.25, 0.3) is 0 Å². The highest BCUT2D eigenvalue weighted by atomic mass is 16.2. The highest BCUT2D eigenvalue weighted by Gasteiger charge is 2.24. The summed E-state index contributed by atoms with van der Waals surface area (Å²) in [7, 11) is 0. The molecule has 4 nitrogen and oxygen atoms in total. The zero-order valence-corrected chi connectivity index (χ0v) is 13.6. The predicted octanol–water partition coefficient (Wildman–Crippen LogP) is 2.18. The largest absolute Gasteiger partial charge is 0.324 e. The van der Waals surface area contributed by atoms with E-state index in [2.05, 4.69) is 42.4 Å². The van der Waals surface area contributed by atoms with Gasteiger partial charge in [-0.3, -0.25) is 9.69 Å². The van der Waals surface area contributed by atoms with E-state index in [1.807, 2.05) is 19.1 Å². The Balaban J connectivity index is 2.02. The van der Waals surface area contributed by atoms with Crippen molar-refractivity contribution in [2.45, 2.75) is 46.2 Å². The third-order valence-corrected chi connectivity index (χ3v) is 4.24. The highest BCUT2D eigenvalue weighted by Crippen LogP contribution is 2.21. The molecule has 1 heterocycles. The Labute approximate surface area is 127 Å². The third-order valence-electron chi connectivity index (χ3n) is 4.24. The first-order valence-electron chi connectivity index (χ1n) is 7.87. The standard InChI is InChI=1S/C17H27N3O/c1-5-15-8-6-7-12(2)17(15)19-16(21)11-20-10-13(3)18-9-14(20)4/h6-8,13-14,18H,5,9-11H2,1-4H3,(H,19,21). The van der Waals surface area contributed by atoms with Crippen LogP contribution in [0.4, 0.5) is 5.69 Å². The summed E-state index contributed by atoms with van der Waals surface area (Å²) >= 11 is 0. The molecule has 0 radical (unpaired) electrons. The third kappa shape index (κ3) is 4.05. The van der Waals surface area contributed by atoms with Crippen LogP contribution in [0.15, 0.2) is 18.2 Å². The normalized spacial score (nSPS) is 23.0. The molecule has 2 rings (SSSR count). The van der Waals surface area contributed by atoms with Gasteiger partial charge in [0, 0.05) is 30.9 Å². The van der Waals surface area contributed by atoms with Gasteiger partial charge in [-0.25, -0.2) is 0 Å². The summed E-state index contributed by atoms with van der Waals surface area (Å²) in [6.45, 7) is 10.8. The van der Waals surface area contributed by atoms with E-state index in [1.165, 1.54) is 5.56 Å². The number of aryl methyl sites for hydroxylation is 2. The molecule has 1 aromatic rings. The summed E-state index contributed by atoms with van der Waals surface area (Å²) < 4.78 is 0. The molecule has 0 aromatic heterocycles. The number of rotatable bonds is 4. The Morgan fingerprint density at radius 1 is 1.43 bits per heavy atom. The van der Waals surface area contributed by atoms with Crippen LogP contribution in [0.2, 0.25) is 0 Å². The average Bonchev–Trinajstić information content (AvgIpc) is 2.45. The molecule has 1 saturated heterocycles. The van der Waals surface area contributed by atoms with E-state index in [-0.39, 0.29) is 5.91 Å². The maximum absolute atomic E-state index is 12.4. The summed E-state index contributed by atoms with van der Waals surface area (Å²) in [4.78, 5) is 14.6. The number of benzene rings is 1. The fourth-order valence-electron chi connectivity index (χ4n) is 2.88. The van der Waals surface area contributed by atoms with Crippen LogP contribution in [0.5, 0.6) is 0 Å². The van der Waals surface area contributed by atoms with Gasteiger partial charge < -0.3 is 10.6 Å². The molecule has 21 heavy (non-hydrogen) atoms. The molecule has 1 aliphatic rings. The van der Waals surface area contributed by atoms with E-state index in [0.717, 1.165) is 30.8 Å². The minimum absolute atomic E-state index is 0.0833. The lowest BCUT2D eigenvalue weighted by Gasteiger charge is -2.37. The molecule has 1 fully saturated rings. The first-order valence-corrected chi connectivity index (χ1v) is 7.87. The molecule has 4 heteroatoms. The van der Waals surface area contributed by atoms with Crippen LogP contribution in [-0.2, 0) is 11.2 Å². The fourth-order valence-corrected chi connectivity index (χ4v) is 2.88. The van der Waals surface area contributed by atoms with Crippen LogP contribution in [0.3, 0.4) is 0 Å². The number of carbonyl (C=O) groups excluding carboxylic acids is 1. The van der Waals surface area contributed by atoms with Crippen LogP contribution in [0.25, 0.3) is 0 Å². The molecular formula is C17H27N3O. The highest BCUT2D eigenvalue weighted by molar-refractivity contribution is 5.93. The van der Waals surface area contributed by atoms with Gasteiger partial charge >= 0.3 is 0 Å². The van der Waals surface area contributed by atoms with Crippen molar-refractivity contribution < 1.29 is 4.79 Å². The second-order valence-electron chi connectivity index (χ2n) is 6.10. The molecule has 0 aliphatic carbocycles. The molecule has 2 unspecified atom stereocenters. The van der Waals surface area contributed by atoms with E-state index in [0.29, 0.717) is 18.6 Å². The summed E-state index contributed by atoms with van der Waals surface area (Å²) in [5, 5.41) is 6.55. The van der Waals surface area contributed by atoms with Gasteiger partial charge in [-0.05, 0) is 38.3 Å². The minimum Gasteiger partial charge on any atom is -0.324 e. The van der Waals surface area contributed by atoms with Crippen LogP contribution >= 0.6 is 0 Å². The number of nitrogens with zero attached hydrogens (tertiary/aromatic N) is 1. The minimum atomic E-state index is 0.0833. The number of nitrogens with one attached hydrogen (secondary N) is 2. The number of hydrogen-bond donors (Lipinski definition) is 2. The fraction of sp³-hybridized carbons (Fsp3) is 0.588. The van der Waals surface area contributed by atoms with E-state index < -0.39 is 0 Å². The van der Waals surface area contributed by atoms with Crippen molar-refractivity contribution in [3.8, 4) is 0 Å². The van der Waals surface area contributed by atoms with Gasteiger partial charge in [0.05, 0.1) is 6.54 Å². The Morgan fingerprint density at radius 2 is 2.19 bits per heavy atom. The van der Waals surface area contributed by atoms with Crippen molar-refractivity contribution in [2.24, 2.45) is 0 Å². The van der Waals surface area contributed by atoms with Gasteiger partial charge in [0.15, 0.2) is 0 Å². The van der Waals surface area contributed by atoms with E-state index in [4.69, 9.17) is 0 Å². The van der Waals surface area contributed by atoms with Crippen molar-refractivity contribution in [3.05, 3.63) is 29.3 Å².